The maximum Gasteiger partial charge on any atom is 0.266 e. The van der Waals surface area contributed by atoms with E-state index in [-0.39, 0.29) is 0 Å². The van der Waals surface area contributed by atoms with Gasteiger partial charge >= 0.3 is 0 Å². The third-order valence-corrected chi connectivity index (χ3v) is 3.11. The van der Waals surface area contributed by atoms with Crippen molar-refractivity contribution < 1.29 is 17.2 Å². The van der Waals surface area contributed by atoms with Gasteiger partial charge in [0.05, 0.1) is 15.6 Å². The van der Waals surface area contributed by atoms with E-state index in [1.165, 1.54) is 0 Å². The van der Waals surface area contributed by atoms with Crippen LogP contribution < -0.4 is 5.14 Å². The first-order valence-electron chi connectivity index (χ1n) is 3.40. The molecule has 0 atom stereocenters. The summed E-state index contributed by atoms with van der Waals surface area (Å²) in [4.78, 5) is 3.28. The second kappa shape index (κ2) is 4.17. The molecule has 4 nitrogen and oxygen atoms in total. The molecule has 0 amide bonds. The highest BCUT2D eigenvalue weighted by Crippen LogP contribution is 2.35. The minimum atomic E-state index is -4.24. The highest BCUT2D eigenvalue weighted by atomic mass is 35.5. The lowest BCUT2D eigenvalue weighted by Crippen LogP contribution is -2.15. The molecule has 2 N–H and O–H groups in total. The number of nitrogens with zero attached hydrogens (tertiary/aromatic N) is 1. The molecule has 0 saturated carbocycles. The molecule has 0 aliphatic heterocycles. The van der Waals surface area contributed by atoms with Crippen LogP contribution in [-0.2, 0) is 10.0 Å². The van der Waals surface area contributed by atoms with Gasteiger partial charge < -0.3 is 0 Å². The first kappa shape index (κ1) is 12.6. The number of halogens is 4. The number of hydrogen-bond donors (Lipinski definition) is 1. The largest absolute Gasteiger partial charge is 0.266 e. The fourth-order valence-electron chi connectivity index (χ4n) is 0.860. The maximum atomic E-state index is 12.4. The molecular weight excluding hydrogens is 273 g/mol. The Bertz CT molecular complexity index is 492. The number of aromatic nitrogens is 1. The molecule has 1 aromatic heterocycles. The standard InChI is InChI=1S/C6H4Cl2F2N2O2S/c7-2-1-12-6(15(11,13)14)4(8)3(2)5(9)10/h1,5H,(H2,11,13,14). The van der Waals surface area contributed by atoms with E-state index in [2.05, 4.69) is 4.98 Å². The van der Waals surface area contributed by atoms with Crippen molar-refractivity contribution in [1.29, 1.82) is 0 Å². The third kappa shape index (κ3) is 2.54. The minimum Gasteiger partial charge on any atom is -0.241 e. The molecule has 0 aliphatic carbocycles. The summed E-state index contributed by atoms with van der Waals surface area (Å²) in [7, 11) is -4.24. The Balaban J connectivity index is 3.56. The number of nitrogens with two attached hydrogens (primary N) is 1. The molecule has 9 heteroatoms. The molecular formula is C6H4Cl2F2N2O2S. The number of hydrogen-bond acceptors (Lipinski definition) is 3. The fourth-order valence-corrected chi connectivity index (χ4v) is 2.25. The fraction of sp³-hybridized carbons (Fsp3) is 0.167. The average Bonchev–Trinajstić information content (AvgIpc) is 2.00. The van der Waals surface area contributed by atoms with Gasteiger partial charge in [-0.05, 0) is 0 Å². The van der Waals surface area contributed by atoms with Gasteiger partial charge in [0.15, 0.2) is 5.03 Å². The molecule has 15 heavy (non-hydrogen) atoms. The molecule has 0 unspecified atom stereocenters. The Morgan fingerprint density at radius 2 is 1.93 bits per heavy atom. The molecule has 0 bridgehead atoms. The smallest absolute Gasteiger partial charge is 0.241 e. The number of alkyl halides is 2. The van der Waals surface area contributed by atoms with Crippen molar-refractivity contribution in [3.8, 4) is 0 Å². The highest BCUT2D eigenvalue weighted by molar-refractivity contribution is 7.89. The van der Waals surface area contributed by atoms with Crippen LogP contribution in [0.1, 0.15) is 12.0 Å². The van der Waals surface area contributed by atoms with Gasteiger partial charge in [-0.15, -0.1) is 0 Å². The van der Waals surface area contributed by atoms with Crippen LogP contribution >= 0.6 is 23.2 Å². The summed E-state index contributed by atoms with van der Waals surface area (Å²) < 4.78 is 46.6. The topological polar surface area (TPSA) is 73.1 Å². The second-order valence-electron chi connectivity index (χ2n) is 2.48. The summed E-state index contributed by atoms with van der Waals surface area (Å²) in [6.45, 7) is 0. The van der Waals surface area contributed by atoms with E-state index in [0.29, 0.717) is 0 Å². The lowest BCUT2D eigenvalue weighted by molar-refractivity contribution is 0.151. The maximum absolute atomic E-state index is 12.4. The summed E-state index contributed by atoms with van der Waals surface area (Å²) in [5.41, 5.74) is -0.794. The Hall–Kier alpha value is -0.500. The highest BCUT2D eigenvalue weighted by Gasteiger charge is 2.24. The molecule has 0 aliphatic rings. The molecule has 1 aromatic rings. The van der Waals surface area contributed by atoms with E-state index in [1.807, 2.05) is 0 Å². The van der Waals surface area contributed by atoms with Gasteiger partial charge in [0.1, 0.15) is 0 Å². The monoisotopic (exact) mass is 276 g/mol. The zero-order valence-corrected chi connectivity index (χ0v) is 9.24. The predicted octanol–water partition coefficient (Wildman–Crippen LogP) is 1.97. The van der Waals surface area contributed by atoms with Crippen LogP contribution in [0, 0.1) is 0 Å². The van der Waals surface area contributed by atoms with Crippen molar-refractivity contribution in [2.75, 3.05) is 0 Å². The van der Waals surface area contributed by atoms with Crippen LogP contribution in [0.2, 0.25) is 10.0 Å². The lowest BCUT2D eigenvalue weighted by atomic mass is 10.3. The Kier molecular flexibility index (Phi) is 3.49. The van der Waals surface area contributed by atoms with Crippen molar-refractivity contribution in [2.45, 2.75) is 11.5 Å². The van der Waals surface area contributed by atoms with Gasteiger partial charge in [-0.2, -0.15) is 0 Å². The van der Waals surface area contributed by atoms with Crippen LogP contribution in [0.25, 0.3) is 0 Å². The number of rotatable bonds is 2. The van der Waals surface area contributed by atoms with Crippen LogP contribution in [0.5, 0.6) is 0 Å². The van der Waals surface area contributed by atoms with E-state index >= 15 is 0 Å². The van der Waals surface area contributed by atoms with Crippen molar-refractivity contribution >= 4 is 33.2 Å². The quantitative estimate of drug-likeness (QED) is 0.898. The van der Waals surface area contributed by atoms with Crippen molar-refractivity contribution in [3.05, 3.63) is 21.8 Å². The number of sulfonamides is 1. The van der Waals surface area contributed by atoms with Crippen LogP contribution in [-0.4, -0.2) is 13.4 Å². The van der Waals surface area contributed by atoms with Gasteiger partial charge in [0.25, 0.3) is 16.4 Å². The zero-order valence-electron chi connectivity index (χ0n) is 6.92. The number of pyridine rings is 1. The Morgan fingerprint density at radius 3 is 2.33 bits per heavy atom. The van der Waals surface area contributed by atoms with Crippen molar-refractivity contribution in [1.82, 2.24) is 4.98 Å². The normalized spacial score (nSPS) is 12.1. The van der Waals surface area contributed by atoms with Crippen molar-refractivity contribution in [2.24, 2.45) is 5.14 Å². The van der Waals surface area contributed by atoms with E-state index < -0.39 is 37.1 Å². The molecule has 0 fully saturated rings. The summed E-state index contributed by atoms with van der Waals surface area (Å²) >= 11 is 10.8. The molecule has 0 aromatic carbocycles. The van der Waals surface area contributed by atoms with Crippen LogP contribution in [0.4, 0.5) is 8.78 Å². The van der Waals surface area contributed by atoms with E-state index in [4.69, 9.17) is 28.3 Å². The summed E-state index contributed by atoms with van der Waals surface area (Å²) in [6, 6.07) is 0. The minimum absolute atomic E-state index is 0.414. The van der Waals surface area contributed by atoms with Gasteiger partial charge in [0, 0.05) is 6.20 Å². The van der Waals surface area contributed by atoms with E-state index in [0.717, 1.165) is 6.20 Å². The van der Waals surface area contributed by atoms with Gasteiger partial charge in [-0.25, -0.2) is 27.3 Å². The average molecular weight is 277 g/mol. The zero-order chi connectivity index (χ0) is 11.8. The lowest BCUT2D eigenvalue weighted by Gasteiger charge is -2.07. The van der Waals surface area contributed by atoms with Gasteiger partial charge in [-0.3, -0.25) is 0 Å². The molecule has 0 spiro atoms. The van der Waals surface area contributed by atoms with Crippen molar-refractivity contribution in [3.63, 3.8) is 0 Å². The predicted molar refractivity (Wildman–Crippen MR) is 50.6 cm³/mol. The second-order valence-corrected chi connectivity index (χ2v) is 4.75. The van der Waals surface area contributed by atoms with E-state index in [1.54, 1.807) is 0 Å². The van der Waals surface area contributed by atoms with Gasteiger partial charge in [-0.1, -0.05) is 23.2 Å². The SMILES string of the molecule is NS(=O)(=O)c1ncc(Cl)c(C(F)F)c1Cl. The molecule has 0 saturated heterocycles. The van der Waals surface area contributed by atoms with Gasteiger partial charge in [0.2, 0.25) is 0 Å². The Morgan fingerprint density at radius 1 is 1.40 bits per heavy atom. The van der Waals surface area contributed by atoms with Crippen LogP contribution in [0.15, 0.2) is 11.2 Å². The summed E-state index contributed by atoms with van der Waals surface area (Å²) in [5, 5.41) is 2.73. The van der Waals surface area contributed by atoms with E-state index in [9.17, 15) is 17.2 Å². The summed E-state index contributed by atoms with van der Waals surface area (Å²) in [5.74, 6) is 0. The first-order valence-corrected chi connectivity index (χ1v) is 5.70. The molecule has 1 heterocycles. The third-order valence-electron chi connectivity index (χ3n) is 1.46. The summed E-state index contributed by atoms with van der Waals surface area (Å²) in [6.07, 6.45) is -2.25. The Labute approximate surface area is 94.1 Å². The first-order chi connectivity index (χ1) is 6.75. The molecule has 1 rings (SSSR count). The molecule has 84 valence electrons. The van der Waals surface area contributed by atoms with Crippen LogP contribution in [0.3, 0.4) is 0 Å². The molecule has 0 radical (unpaired) electrons. The number of primary sulfonamides is 1.